The molecule has 1 aromatic carbocycles. The van der Waals surface area contributed by atoms with Gasteiger partial charge >= 0.3 is 0 Å². The molecule has 1 aliphatic carbocycles. The predicted molar refractivity (Wildman–Crippen MR) is 104 cm³/mol. The Kier molecular flexibility index (Phi) is 4.08. The smallest absolute Gasteiger partial charge is 0.228 e. The van der Waals surface area contributed by atoms with E-state index >= 15 is 0 Å². The Morgan fingerprint density at radius 3 is 2.46 bits per heavy atom. The predicted octanol–water partition coefficient (Wildman–Crippen LogP) is 4.44. The Hall–Kier alpha value is -2.08. The van der Waals surface area contributed by atoms with E-state index in [1.165, 1.54) is 43.4 Å². The third-order valence-corrected chi connectivity index (χ3v) is 7.01. The maximum Gasteiger partial charge on any atom is 0.228 e. The molecular weight excluding hydrogens is 342 g/mol. The zero-order valence-electron chi connectivity index (χ0n) is 14.8. The van der Waals surface area contributed by atoms with Crippen molar-refractivity contribution in [3.8, 4) is 0 Å². The van der Waals surface area contributed by atoms with Gasteiger partial charge in [-0.15, -0.1) is 0 Å². The number of rotatable bonds is 3. The van der Waals surface area contributed by atoms with Gasteiger partial charge in [-0.05, 0) is 43.2 Å². The third kappa shape index (κ3) is 2.86. The maximum absolute atomic E-state index is 4.78. The molecule has 1 saturated heterocycles. The summed E-state index contributed by atoms with van der Waals surface area (Å²) in [4.78, 5) is 13.9. The number of nitrogens with zero attached hydrogens (tertiary/aromatic N) is 5. The van der Waals surface area contributed by atoms with Crippen molar-refractivity contribution in [1.82, 2.24) is 19.6 Å². The fraction of sp³-hybridized carbons (Fsp3) is 0.450. The van der Waals surface area contributed by atoms with Crippen LogP contribution in [0.15, 0.2) is 52.6 Å². The van der Waals surface area contributed by atoms with Gasteiger partial charge in [-0.3, -0.25) is 0 Å². The molecule has 2 fully saturated rings. The Labute approximate surface area is 157 Å². The topological polar surface area (TPSA) is 46.3 Å². The molecule has 26 heavy (non-hydrogen) atoms. The van der Waals surface area contributed by atoms with E-state index in [1.807, 2.05) is 16.8 Å². The Bertz CT molecular complexity index is 891. The summed E-state index contributed by atoms with van der Waals surface area (Å²) in [6.07, 6.45) is 11.8. The maximum atomic E-state index is 4.78. The van der Waals surface area contributed by atoms with Crippen molar-refractivity contribution >= 4 is 23.4 Å². The Balaban J connectivity index is 1.41. The summed E-state index contributed by atoms with van der Waals surface area (Å²) in [5.41, 5.74) is 1.51. The molecule has 0 unspecified atom stereocenters. The van der Waals surface area contributed by atoms with E-state index in [9.17, 15) is 0 Å². The minimum absolute atomic E-state index is 0.612. The fourth-order valence-electron chi connectivity index (χ4n) is 4.49. The second kappa shape index (κ2) is 6.58. The highest BCUT2D eigenvalue weighted by Gasteiger charge is 2.37. The lowest BCUT2D eigenvalue weighted by Gasteiger charge is -2.39. The van der Waals surface area contributed by atoms with Crippen molar-refractivity contribution < 1.29 is 0 Å². The summed E-state index contributed by atoms with van der Waals surface area (Å²) in [5.74, 6) is 0.933. The molecule has 1 spiro atoms. The lowest BCUT2D eigenvalue weighted by atomic mass is 9.77. The van der Waals surface area contributed by atoms with E-state index in [0.717, 1.165) is 29.6 Å². The Morgan fingerprint density at radius 1 is 0.923 bits per heavy atom. The number of benzene rings is 1. The van der Waals surface area contributed by atoms with E-state index in [2.05, 4.69) is 39.2 Å². The molecule has 1 aliphatic heterocycles. The summed E-state index contributed by atoms with van der Waals surface area (Å²) in [6.45, 7) is 2.15. The SMILES string of the molecule is c1ccc(Sc2cnc(N3CCC4(CCCC4)CC3)n3ncnc23)cc1. The molecule has 1 saturated carbocycles. The zero-order chi connectivity index (χ0) is 17.4. The number of anilines is 1. The first-order valence-corrected chi connectivity index (χ1v) is 10.3. The monoisotopic (exact) mass is 365 g/mol. The number of piperidine rings is 1. The fourth-order valence-corrected chi connectivity index (χ4v) is 5.38. The van der Waals surface area contributed by atoms with Crippen LogP contribution in [0.25, 0.3) is 5.65 Å². The molecule has 0 radical (unpaired) electrons. The van der Waals surface area contributed by atoms with Crippen LogP contribution in [0, 0.1) is 5.41 Å². The summed E-state index contributed by atoms with van der Waals surface area (Å²) in [6, 6.07) is 10.4. The summed E-state index contributed by atoms with van der Waals surface area (Å²) >= 11 is 1.69. The van der Waals surface area contributed by atoms with Crippen LogP contribution in [0.3, 0.4) is 0 Å². The highest BCUT2D eigenvalue weighted by atomic mass is 32.2. The number of fused-ring (bicyclic) bond motifs is 1. The second-order valence-electron chi connectivity index (χ2n) is 7.53. The van der Waals surface area contributed by atoms with Gasteiger partial charge < -0.3 is 4.90 Å². The minimum Gasteiger partial charge on any atom is -0.341 e. The lowest BCUT2D eigenvalue weighted by Crippen LogP contribution is -2.40. The van der Waals surface area contributed by atoms with Crippen molar-refractivity contribution in [3.05, 3.63) is 42.9 Å². The zero-order valence-corrected chi connectivity index (χ0v) is 15.7. The van der Waals surface area contributed by atoms with Gasteiger partial charge in [0.25, 0.3) is 0 Å². The van der Waals surface area contributed by atoms with Crippen LogP contribution in [0.2, 0.25) is 0 Å². The molecule has 0 atom stereocenters. The lowest BCUT2D eigenvalue weighted by molar-refractivity contribution is 0.225. The largest absolute Gasteiger partial charge is 0.341 e. The quantitative estimate of drug-likeness (QED) is 0.687. The molecular formula is C20H23N5S. The van der Waals surface area contributed by atoms with Crippen molar-refractivity contribution in [1.29, 1.82) is 0 Å². The average Bonchev–Trinajstić information content (AvgIpc) is 3.34. The molecule has 134 valence electrons. The minimum atomic E-state index is 0.612. The van der Waals surface area contributed by atoms with Gasteiger partial charge in [-0.25, -0.2) is 9.97 Å². The van der Waals surface area contributed by atoms with Gasteiger partial charge in [-0.1, -0.05) is 42.8 Å². The normalized spacial score (nSPS) is 19.5. The first-order valence-electron chi connectivity index (χ1n) is 9.50. The molecule has 6 heteroatoms. The van der Waals surface area contributed by atoms with Gasteiger partial charge in [0.1, 0.15) is 6.33 Å². The van der Waals surface area contributed by atoms with Gasteiger partial charge in [-0.2, -0.15) is 9.61 Å². The average molecular weight is 366 g/mol. The van der Waals surface area contributed by atoms with Gasteiger partial charge in [0, 0.05) is 24.2 Å². The van der Waals surface area contributed by atoms with E-state index < -0.39 is 0 Å². The van der Waals surface area contributed by atoms with E-state index in [-0.39, 0.29) is 0 Å². The molecule has 3 aromatic rings. The van der Waals surface area contributed by atoms with Crippen molar-refractivity contribution in [3.63, 3.8) is 0 Å². The first-order chi connectivity index (χ1) is 12.8. The van der Waals surface area contributed by atoms with Gasteiger partial charge in [0.15, 0.2) is 5.65 Å². The molecule has 3 heterocycles. The summed E-state index contributed by atoms with van der Waals surface area (Å²) < 4.78 is 1.91. The molecule has 0 bridgehead atoms. The number of hydrogen-bond donors (Lipinski definition) is 0. The highest BCUT2D eigenvalue weighted by molar-refractivity contribution is 7.99. The molecule has 2 aromatic heterocycles. The van der Waals surface area contributed by atoms with Crippen LogP contribution >= 0.6 is 11.8 Å². The van der Waals surface area contributed by atoms with E-state index in [4.69, 9.17) is 4.98 Å². The van der Waals surface area contributed by atoms with Crippen LogP contribution < -0.4 is 4.90 Å². The standard InChI is InChI=1S/C20H23N5S/c1-2-6-16(7-3-1)26-17-14-21-19(25-18(17)22-15-23-25)24-12-10-20(11-13-24)8-4-5-9-20/h1-3,6-7,14-15H,4-5,8-13H2. The van der Waals surface area contributed by atoms with Crippen LogP contribution in [-0.2, 0) is 0 Å². The molecule has 5 rings (SSSR count). The van der Waals surface area contributed by atoms with Crippen LogP contribution in [0.5, 0.6) is 0 Å². The Morgan fingerprint density at radius 2 is 1.69 bits per heavy atom. The van der Waals surface area contributed by atoms with Crippen LogP contribution in [-0.4, -0.2) is 32.7 Å². The second-order valence-corrected chi connectivity index (χ2v) is 8.64. The van der Waals surface area contributed by atoms with E-state index in [1.54, 1.807) is 18.1 Å². The number of aromatic nitrogens is 4. The molecule has 0 amide bonds. The summed E-state index contributed by atoms with van der Waals surface area (Å²) in [5, 5.41) is 4.47. The highest BCUT2D eigenvalue weighted by Crippen LogP contribution is 2.46. The first kappa shape index (κ1) is 16.1. The van der Waals surface area contributed by atoms with Crippen molar-refractivity contribution in [2.75, 3.05) is 18.0 Å². The molecule has 2 aliphatic rings. The van der Waals surface area contributed by atoms with Gasteiger partial charge in [0.2, 0.25) is 5.95 Å². The van der Waals surface area contributed by atoms with Crippen LogP contribution in [0.4, 0.5) is 5.95 Å². The van der Waals surface area contributed by atoms with Crippen molar-refractivity contribution in [2.45, 2.75) is 48.3 Å². The van der Waals surface area contributed by atoms with Crippen LogP contribution in [0.1, 0.15) is 38.5 Å². The summed E-state index contributed by atoms with van der Waals surface area (Å²) in [7, 11) is 0. The van der Waals surface area contributed by atoms with Crippen molar-refractivity contribution in [2.24, 2.45) is 5.41 Å². The van der Waals surface area contributed by atoms with Gasteiger partial charge in [0.05, 0.1) is 4.90 Å². The molecule has 0 N–H and O–H groups in total. The molecule has 5 nitrogen and oxygen atoms in total. The van der Waals surface area contributed by atoms with E-state index in [0.29, 0.717) is 5.41 Å². The number of hydrogen-bond acceptors (Lipinski definition) is 5. The third-order valence-electron chi connectivity index (χ3n) is 6.00.